The average Bonchev–Trinajstić information content (AvgIpc) is 3.32. The molecule has 1 amide bonds. The second-order valence-electron chi connectivity index (χ2n) is 5.71. The number of benzene rings is 1. The molecule has 1 aliphatic carbocycles. The van der Waals surface area contributed by atoms with Crippen LogP contribution in [0.4, 0.5) is 0 Å². The summed E-state index contributed by atoms with van der Waals surface area (Å²) in [5.74, 6) is 1.78. The number of amides is 1. The highest BCUT2D eigenvalue weighted by atomic mass is 35.5. The zero-order valence-electron chi connectivity index (χ0n) is 13.7. The summed E-state index contributed by atoms with van der Waals surface area (Å²) in [7, 11) is 1.66. The van der Waals surface area contributed by atoms with Crippen molar-refractivity contribution in [2.75, 3.05) is 26.7 Å². The van der Waals surface area contributed by atoms with Gasteiger partial charge in [-0.3, -0.25) is 4.79 Å². The molecule has 1 aromatic carbocycles. The van der Waals surface area contributed by atoms with Crippen LogP contribution in [0.5, 0.6) is 5.75 Å². The van der Waals surface area contributed by atoms with Crippen molar-refractivity contribution >= 4 is 18.3 Å². The molecule has 0 saturated heterocycles. The smallest absolute Gasteiger partial charge is 0.237 e. The third-order valence-corrected chi connectivity index (χ3v) is 4.11. The van der Waals surface area contributed by atoms with Crippen molar-refractivity contribution in [3.05, 3.63) is 29.8 Å². The Labute approximate surface area is 139 Å². The molecule has 0 heterocycles. The van der Waals surface area contributed by atoms with E-state index in [0.717, 1.165) is 23.8 Å². The highest BCUT2D eigenvalue weighted by molar-refractivity contribution is 5.85. The van der Waals surface area contributed by atoms with Crippen molar-refractivity contribution in [3.63, 3.8) is 0 Å². The number of rotatable bonds is 8. The van der Waals surface area contributed by atoms with Gasteiger partial charge in [-0.15, -0.1) is 12.4 Å². The molecule has 4 nitrogen and oxygen atoms in total. The van der Waals surface area contributed by atoms with E-state index >= 15 is 0 Å². The van der Waals surface area contributed by atoms with Crippen LogP contribution in [0, 0.1) is 5.92 Å². The first-order valence-electron chi connectivity index (χ1n) is 7.79. The van der Waals surface area contributed by atoms with Crippen LogP contribution in [-0.4, -0.2) is 37.6 Å². The normalized spacial score (nSPS) is 14.9. The molecule has 22 heavy (non-hydrogen) atoms. The molecule has 1 N–H and O–H groups in total. The molecule has 0 radical (unpaired) electrons. The molecule has 5 heteroatoms. The van der Waals surface area contributed by atoms with Gasteiger partial charge in [0.05, 0.1) is 19.7 Å². The summed E-state index contributed by atoms with van der Waals surface area (Å²) in [4.78, 5) is 14.3. The van der Waals surface area contributed by atoms with Crippen LogP contribution in [0.2, 0.25) is 0 Å². The van der Waals surface area contributed by atoms with Crippen molar-refractivity contribution in [2.45, 2.75) is 32.7 Å². The van der Waals surface area contributed by atoms with Crippen LogP contribution in [0.25, 0.3) is 0 Å². The van der Waals surface area contributed by atoms with Gasteiger partial charge in [0, 0.05) is 6.54 Å². The fraction of sp³-hybridized carbons (Fsp3) is 0.588. The fourth-order valence-corrected chi connectivity index (χ4v) is 2.55. The molecule has 0 aromatic heterocycles. The summed E-state index contributed by atoms with van der Waals surface area (Å²) in [6.45, 7) is 6.20. The second-order valence-corrected chi connectivity index (χ2v) is 5.71. The molecule has 2 rings (SSSR count). The highest BCUT2D eigenvalue weighted by Gasteiger charge is 2.23. The van der Waals surface area contributed by atoms with Gasteiger partial charge in [0.1, 0.15) is 5.75 Å². The van der Waals surface area contributed by atoms with Gasteiger partial charge in [0.2, 0.25) is 5.91 Å². The average molecular weight is 327 g/mol. The van der Waals surface area contributed by atoms with Gasteiger partial charge in [0.25, 0.3) is 0 Å². The monoisotopic (exact) mass is 326 g/mol. The predicted octanol–water partition coefficient (Wildman–Crippen LogP) is 3.03. The SMILES string of the molecule is CCN(C(=O)CNCC1CC1)C(C)c1cccc(OC)c1.Cl. The number of carbonyl (C=O) groups excluding carboxylic acids is 1. The number of methoxy groups -OCH3 is 1. The van der Waals surface area contributed by atoms with Gasteiger partial charge in [-0.05, 0) is 56.8 Å². The van der Waals surface area contributed by atoms with Crippen molar-refractivity contribution in [1.82, 2.24) is 10.2 Å². The Morgan fingerprint density at radius 3 is 2.77 bits per heavy atom. The third-order valence-electron chi connectivity index (χ3n) is 4.11. The Bertz CT molecular complexity index is 477. The summed E-state index contributed by atoms with van der Waals surface area (Å²) in [5.41, 5.74) is 1.10. The quantitative estimate of drug-likeness (QED) is 0.798. The highest BCUT2D eigenvalue weighted by Crippen LogP contribution is 2.27. The van der Waals surface area contributed by atoms with Crippen molar-refractivity contribution in [1.29, 1.82) is 0 Å². The molecule has 0 aliphatic heterocycles. The molecule has 1 atom stereocenters. The Hall–Kier alpha value is -1.26. The largest absolute Gasteiger partial charge is 0.497 e. The number of hydrogen-bond donors (Lipinski definition) is 1. The molecular weight excluding hydrogens is 300 g/mol. The van der Waals surface area contributed by atoms with E-state index in [9.17, 15) is 4.79 Å². The number of nitrogens with zero attached hydrogens (tertiary/aromatic N) is 1. The lowest BCUT2D eigenvalue weighted by Gasteiger charge is -2.29. The maximum atomic E-state index is 12.4. The number of likely N-dealkylation sites (N-methyl/N-ethyl adjacent to an activating group) is 1. The third kappa shape index (κ3) is 5.18. The van der Waals surface area contributed by atoms with Crippen LogP contribution in [0.1, 0.15) is 38.3 Å². The van der Waals surface area contributed by atoms with Gasteiger partial charge in [-0.25, -0.2) is 0 Å². The first kappa shape index (κ1) is 18.8. The van der Waals surface area contributed by atoms with E-state index in [-0.39, 0.29) is 24.4 Å². The molecule has 1 unspecified atom stereocenters. The van der Waals surface area contributed by atoms with Gasteiger partial charge in [-0.2, -0.15) is 0 Å². The summed E-state index contributed by atoms with van der Waals surface area (Å²) >= 11 is 0. The minimum absolute atomic E-state index is 0. The molecule has 1 aromatic rings. The van der Waals surface area contributed by atoms with Crippen molar-refractivity contribution < 1.29 is 9.53 Å². The van der Waals surface area contributed by atoms with Gasteiger partial charge in [-0.1, -0.05) is 12.1 Å². The molecule has 0 bridgehead atoms. The van der Waals surface area contributed by atoms with E-state index in [1.807, 2.05) is 36.1 Å². The van der Waals surface area contributed by atoms with Crippen LogP contribution in [0.15, 0.2) is 24.3 Å². The molecule has 124 valence electrons. The number of carbonyl (C=O) groups is 1. The summed E-state index contributed by atoms with van der Waals surface area (Å²) in [6.07, 6.45) is 2.61. The van der Waals surface area contributed by atoms with E-state index in [1.165, 1.54) is 12.8 Å². The topological polar surface area (TPSA) is 41.6 Å². The summed E-state index contributed by atoms with van der Waals surface area (Å²) in [6, 6.07) is 7.99. The fourth-order valence-electron chi connectivity index (χ4n) is 2.55. The number of halogens is 1. The van der Waals surface area contributed by atoms with Crippen LogP contribution < -0.4 is 10.1 Å². The Morgan fingerprint density at radius 2 is 2.18 bits per heavy atom. The lowest BCUT2D eigenvalue weighted by Crippen LogP contribution is -2.40. The van der Waals surface area contributed by atoms with E-state index < -0.39 is 0 Å². The van der Waals surface area contributed by atoms with E-state index in [1.54, 1.807) is 7.11 Å². The van der Waals surface area contributed by atoms with E-state index in [4.69, 9.17) is 4.74 Å². The number of ether oxygens (including phenoxy) is 1. The lowest BCUT2D eigenvalue weighted by molar-refractivity contribution is -0.132. The Morgan fingerprint density at radius 1 is 1.45 bits per heavy atom. The molecule has 1 fully saturated rings. The number of hydrogen-bond acceptors (Lipinski definition) is 3. The van der Waals surface area contributed by atoms with Crippen molar-refractivity contribution in [3.8, 4) is 5.75 Å². The van der Waals surface area contributed by atoms with Crippen LogP contribution in [-0.2, 0) is 4.79 Å². The maximum absolute atomic E-state index is 12.4. The molecule has 1 saturated carbocycles. The first-order chi connectivity index (χ1) is 10.2. The lowest BCUT2D eigenvalue weighted by atomic mass is 10.1. The predicted molar refractivity (Wildman–Crippen MR) is 91.6 cm³/mol. The maximum Gasteiger partial charge on any atom is 0.237 e. The van der Waals surface area contributed by atoms with Gasteiger partial charge in [0.15, 0.2) is 0 Å². The van der Waals surface area contributed by atoms with Crippen molar-refractivity contribution in [2.24, 2.45) is 5.92 Å². The van der Waals surface area contributed by atoms with E-state index in [2.05, 4.69) is 12.2 Å². The van der Waals surface area contributed by atoms with Crippen LogP contribution in [0.3, 0.4) is 0 Å². The summed E-state index contributed by atoms with van der Waals surface area (Å²) in [5, 5.41) is 3.27. The molecule has 0 spiro atoms. The summed E-state index contributed by atoms with van der Waals surface area (Å²) < 4.78 is 5.26. The standard InChI is InChI=1S/C17H26N2O2.ClH/c1-4-19(17(20)12-18-11-14-8-9-14)13(2)15-6-5-7-16(10-15)21-3;/h5-7,10,13-14,18H,4,8-9,11-12H2,1-3H3;1H. The van der Waals surface area contributed by atoms with E-state index in [0.29, 0.717) is 13.1 Å². The first-order valence-corrected chi connectivity index (χ1v) is 7.79. The van der Waals surface area contributed by atoms with Gasteiger partial charge < -0.3 is 15.0 Å². The zero-order valence-corrected chi connectivity index (χ0v) is 14.5. The second kappa shape index (κ2) is 9.01. The zero-order chi connectivity index (χ0) is 15.2. The molecular formula is C17H27ClN2O2. The minimum Gasteiger partial charge on any atom is -0.497 e. The molecule has 1 aliphatic rings. The minimum atomic E-state index is 0. The Balaban J connectivity index is 0.00000242. The van der Waals surface area contributed by atoms with Gasteiger partial charge >= 0.3 is 0 Å². The van der Waals surface area contributed by atoms with Crippen LogP contribution >= 0.6 is 12.4 Å². The number of nitrogens with one attached hydrogen (secondary N) is 1. The Kier molecular flexibility index (Phi) is 7.69.